The van der Waals surface area contributed by atoms with E-state index in [9.17, 15) is 0 Å². The van der Waals surface area contributed by atoms with Gasteiger partial charge in [0.15, 0.2) is 0 Å². The molecule has 3 heteroatoms. The van der Waals surface area contributed by atoms with Crippen LogP contribution in [0.25, 0.3) is 0 Å². The predicted molar refractivity (Wildman–Crippen MR) is 76.7 cm³/mol. The quantitative estimate of drug-likeness (QED) is 0.898. The molecule has 0 atom stereocenters. The Hall–Kier alpha value is -2.03. The number of hydrogen-bond acceptors (Lipinski definition) is 3. The third-order valence-corrected chi connectivity index (χ3v) is 3.26. The first kappa shape index (κ1) is 12.4. The van der Waals surface area contributed by atoms with Crippen molar-refractivity contribution in [2.24, 2.45) is 0 Å². The van der Waals surface area contributed by atoms with E-state index in [0.717, 1.165) is 29.1 Å². The Balaban J connectivity index is 2.22. The molecule has 0 unspecified atom stereocenters. The average Bonchev–Trinajstić information content (AvgIpc) is 2.40. The Kier molecular flexibility index (Phi) is 3.51. The van der Waals surface area contributed by atoms with E-state index in [0.29, 0.717) is 0 Å². The molecule has 0 aliphatic rings. The summed E-state index contributed by atoms with van der Waals surface area (Å²) in [6, 6.07) is 10.3. The van der Waals surface area contributed by atoms with Crippen molar-refractivity contribution in [2.45, 2.75) is 20.4 Å². The van der Waals surface area contributed by atoms with Gasteiger partial charge in [-0.15, -0.1) is 0 Å². The van der Waals surface area contributed by atoms with Crippen molar-refractivity contribution in [3.63, 3.8) is 0 Å². The molecule has 94 valence electrons. The lowest BCUT2D eigenvalue weighted by Crippen LogP contribution is -2.18. The lowest BCUT2D eigenvalue weighted by atomic mass is 10.1. The number of rotatable bonds is 3. The summed E-state index contributed by atoms with van der Waals surface area (Å²) in [6.45, 7) is 4.78. The van der Waals surface area contributed by atoms with Gasteiger partial charge in [0, 0.05) is 24.6 Å². The van der Waals surface area contributed by atoms with Crippen LogP contribution in [0.2, 0.25) is 0 Å². The molecule has 1 heterocycles. The molecule has 18 heavy (non-hydrogen) atoms. The van der Waals surface area contributed by atoms with Gasteiger partial charge in [-0.25, -0.2) is 0 Å². The van der Waals surface area contributed by atoms with Crippen LogP contribution in [0, 0.1) is 13.8 Å². The Morgan fingerprint density at radius 2 is 1.83 bits per heavy atom. The van der Waals surface area contributed by atoms with Crippen LogP contribution in [0.1, 0.15) is 16.8 Å². The monoisotopic (exact) mass is 241 g/mol. The molecule has 0 saturated carbocycles. The first-order chi connectivity index (χ1) is 8.59. The molecule has 1 aromatic heterocycles. The SMILES string of the molecule is Cc1cnc(CN(C)c2ccccc2)c(C)c1N. The standard InChI is InChI=1S/C15H19N3/c1-11-9-17-14(12(2)15(11)16)10-18(3)13-7-5-4-6-8-13/h4-9H,10H2,1-3H3,(H2,16,17). The maximum Gasteiger partial charge on any atom is 0.0646 e. The highest BCUT2D eigenvalue weighted by Gasteiger charge is 2.09. The van der Waals surface area contributed by atoms with Crippen LogP contribution in [0.4, 0.5) is 11.4 Å². The van der Waals surface area contributed by atoms with E-state index in [1.807, 2.05) is 38.2 Å². The van der Waals surface area contributed by atoms with Gasteiger partial charge in [0.25, 0.3) is 0 Å². The zero-order valence-corrected chi connectivity index (χ0v) is 11.1. The Labute approximate surface area is 108 Å². The normalized spacial score (nSPS) is 10.4. The van der Waals surface area contributed by atoms with E-state index in [1.165, 1.54) is 5.69 Å². The van der Waals surface area contributed by atoms with Crippen LogP contribution >= 0.6 is 0 Å². The van der Waals surface area contributed by atoms with Gasteiger partial charge in [-0.1, -0.05) is 18.2 Å². The van der Waals surface area contributed by atoms with Crippen LogP contribution in [0.5, 0.6) is 0 Å². The molecule has 0 aliphatic carbocycles. The molecule has 0 bridgehead atoms. The van der Waals surface area contributed by atoms with Crippen molar-refractivity contribution in [1.82, 2.24) is 4.98 Å². The summed E-state index contributed by atoms with van der Waals surface area (Å²) >= 11 is 0. The number of nitrogens with two attached hydrogens (primary N) is 1. The summed E-state index contributed by atoms with van der Waals surface area (Å²) in [7, 11) is 2.06. The topological polar surface area (TPSA) is 42.2 Å². The van der Waals surface area contributed by atoms with E-state index in [-0.39, 0.29) is 0 Å². The summed E-state index contributed by atoms with van der Waals surface area (Å²) in [5.74, 6) is 0. The number of nitrogens with zero attached hydrogens (tertiary/aromatic N) is 2. The van der Waals surface area contributed by atoms with Crippen molar-refractivity contribution in [2.75, 3.05) is 17.7 Å². The summed E-state index contributed by atoms with van der Waals surface area (Å²) < 4.78 is 0. The molecule has 0 radical (unpaired) electrons. The van der Waals surface area contributed by atoms with Gasteiger partial charge in [0.05, 0.1) is 12.2 Å². The number of aromatic nitrogens is 1. The molecule has 2 aromatic rings. The number of hydrogen-bond donors (Lipinski definition) is 1. The maximum atomic E-state index is 6.04. The van der Waals surface area contributed by atoms with Crippen LogP contribution in [-0.4, -0.2) is 12.0 Å². The molecule has 0 spiro atoms. The van der Waals surface area contributed by atoms with Gasteiger partial charge in [-0.05, 0) is 37.1 Å². The number of nitrogen functional groups attached to an aromatic ring is 1. The minimum atomic E-state index is 0.764. The fourth-order valence-electron chi connectivity index (χ4n) is 1.95. The van der Waals surface area contributed by atoms with E-state index in [1.54, 1.807) is 0 Å². The molecule has 0 saturated heterocycles. The Morgan fingerprint density at radius 1 is 1.17 bits per heavy atom. The van der Waals surface area contributed by atoms with E-state index < -0.39 is 0 Å². The second-order valence-electron chi connectivity index (χ2n) is 4.62. The molecule has 2 N–H and O–H groups in total. The smallest absolute Gasteiger partial charge is 0.0646 e. The lowest BCUT2D eigenvalue weighted by molar-refractivity contribution is 0.873. The van der Waals surface area contributed by atoms with Crippen molar-refractivity contribution >= 4 is 11.4 Å². The highest BCUT2D eigenvalue weighted by atomic mass is 15.1. The Morgan fingerprint density at radius 3 is 2.50 bits per heavy atom. The molecule has 3 nitrogen and oxygen atoms in total. The second-order valence-corrected chi connectivity index (χ2v) is 4.62. The zero-order valence-electron chi connectivity index (χ0n) is 11.1. The van der Waals surface area contributed by atoms with Crippen LogP contribution in [0.15, 0.2) is 36.5 Å². The minimum absolute atomic E-state index is 0.764. The number of benzene rings is 1. The first-order valence-corrected chi connectivity index (χ1v) is 6.06. The maximum absolute atomic E-state index is 6.04. The van der Waals surface area contributed by atoms with E-state index >= 15 is 0 Å². The number of pyridine rings is 1. The van der Waals surface area contributed by atoms with Gasteiger partial charge in [-0.3, -0.25) is 4.98 Å². The molecule has 0 fully saturated rings. The molecule has 2 rings (SSSR count). The highest BCUT2D eigenvalue weighted by molar-refractivity contribution is 5.54. The van der Waals surface area contributed by atoms with E-state index in [4.69, 9.17) is 5.73 Å². The Bertz CT molecular complexity index is 535. The summed E-state index contributed by atoms with van der Waals surface area (Å²) in [5.41, 5.74) is 11.2. The largest absolute Gasteiger partial charge is 0.398 e. The van der Waals surface area contributed by atoms with Crippen molar-refractivity contribution in [3.05, 3.63) is 53.3 Å². The first-order valence-electron chi connectivity index (χ1n) is 6.06. The van der Waals surface area contributed by atoms with Gasteiger partial charge in [-0.2, -0.15) is 0 Å². The molecule has 0 aliphatic heterocycles. The van der Waals surface area contributed by atoms with Gasteiger partial charge >= 0.3 is 0 Å². The molecule has 0 amide bonds. The van der Waals surface area contributed by atoms with Crippen molar-refractivity contribution in [3.8, 4) is 0 Å². The number of anilines is 2. The van der Waals surface area contributed by atoms with Crippen molar-refractivity contribution in [1.29, 1.82) is 0 Å². The average molecular weight is 241 g/mol. The van der Waals surface area contributed by atoms with Gasteiger partial charge in [0.2, 0.25) is 0 Å². The fourth-order valence-corrected chi connectivity index (χ4v) is 1.95. The summed E-state index contributed by atoms with van der Waals surface area (Å²) in [4.78, 5) is 6.65. The fraction of sp³-hybridized carbons (Fsp3) is 0.267. The number of aryl methyl sites for hydroxylation is 1. The van der Waals surface area contributed by atoms with Crippen LogP contribution < -0.4 is 10.6 Å². The minimum Gasteiger partial charge on any atom is -0.398 e. The molecular weight excluding hydrogens is 222 g/mol. The lowest BCUT2D eigenvalue weighted by Gasteiger charge is -2.20. The van der Waals surface area contributed by atoms with Crippen molar-refractivity contribution < 1.29 is 0 Å². The van der Waals surface area contributed by atoms with Crippen LogP contribution in [-0.2, 0) is 6.54 Å². The molecule has 1 aromatic carbocycles. The van der Waals surface area contributed by atoms with E-state index in [2.05, 4.69) is 29.1 Å². The van der Waals surface area contributed by atoms with Crippen LogP contribution in [0.3, 0.4) is 0 Å². The zero-order chi connectivity index (χ0) is 13.1. The second kappa shape index (κ2) is 5.08. The summed E-state index contributed by atoms with van der Waals surface area (Å²) in [5, 5.41) is 0. The van der Waals surface area contributed by atoms with Gasteiger partial charge in [0.1, 0.15) is 0 Å². The third-order valence-electron chi connectivity index (χ3n) is 3.26. The summed E-state index contributed by atoms with van der Waals surface area (Å²) in [6.07, 6.45) is 1.84. The highest BCUT2D eigenvalue weighted by Crippen LogP contribution is 2.21. The molecular formula is C15H19N3. The number of para-hydroxylation sites is 1. The predicted octanol–water partition coefficient (Wildman–Crippen LogP) is 2.92. The van der Waals surface area contributed by atoms with Gasteiger partial charge < -0.3 is 10.6 Å². The third kappa shape index (κ3) is 2.45.